The fourth-order valence-electron chi connectivity index (χ4n) is 4.72. The predicted molar refractivity (Wildman–Crippen MR) is 158 cm³/mol. The second-order valence-electron chi connectivity index (χ2n) is 9.50. The van der Waals surface area contributed by atoms with Crippen LogP contribution < -0.4 is 16.0 Å². The van der Waals surface area contributed by atoms with Crippen molar-refractivity contribution < 1.29 is 4.79 Å². The average Bonchev–Trinajstić information content (AvgIpc) is 2.92. The van der Waals surface area contributed by atoms with Gasteiger partial charge in [-0.05, 0) is 48.2 Å². The second kappa shape index (κ2) is 12.2. The standard InChI is InChI=1S/C29H31ClN6O.CH4/c1-35-12-14-36(15-13-35)26-5-3-2-4-22(26)18-33-29-25(30)17-23(19-34-29)27(37)9-7-20-6-8-24-21(16-20)10-11-32-28(24)31;/h2-6,8,10-11,16-17,19H,7,9,12-15,18H2,1H3,(H2,31,32)(H,33,34);1H4. The number of hydrogen-bond donors (Lipinski definition) is 2. The van der Waals surface area contributed by atoms with Crippen molar-refractivity contribution in [2.75, 3.05) is 49.2 Å². The number of ketones is 1. The van der Waals surface area contributed by atoms with E-state index in [-0.39, 0.29) is 13.2 Å². The first-order chi connectivity index (χ1) is 18.0. The smallest absolute Gasteiger partial charge is 0.164 e. The SMILES string of the molecule is C.CN1CCN(c2ccccc2CNc2ncc(C(=O)CCc3ccc4c(N)nccc4c3)cc2Cl)CC1. The largest absolute Gasteiger partial charge is 0.383 e. The summed E-state index contributed by atoms with van der Waals surface area (Å²) in [6, 6.07) is 18.1. The fourth-order valence-corrected chi connectivity index (χ4v) is 4.96. The monoisotopic (exact) mass is 530 g/mol. The summed E-state index contributed by atoms with van der Waals surface area (Å²) in [7, 11) is 2.16. The number of Topliss-reactive ketones (excluding diaryl/α,β-unsaturated/α-hetero) is 1. The number of nitrogens with zero attached hydrogens (tertiary/aromatic N) is 4. The van der Waals surface area contributed by atoms with Gasteiger partial charge < -0.3 is 20.9 Å². The Morgan fingerprint density at radius 1 is 1.05 bits per heavy atom. The lowest BCUT2D eigenvalue weighted by Crippen LogP contribution is -2.44. The van der Waals surface area contributed by atoms with Crippen LogP contribution in [0.3, 0.4) is 0 Å². The van der Waals surface area contributed by atoms with E-state index in [4.69, 9.17) is 17.3 Å². The molecule has 2 aromatic heterocycles. The van der Waals surface area contributed by atoms with Gasteiger partial charge in [0.1, 0.15) is 11.6 Å². The first kappa shape index (κ1) is 27.4. The number of carbonyl (C=O) groups excluding carboxylic acids is 1. The van der Waals surface area contributed by atoms with Gasteiger partial charge in [0.25, 0.3) is 0 Å². The van der Waals surface area contributed by atoms with Crippen LogP contribution >= 0.6 is 11.6 Å². The van der Waals surface area contributed by atoms with Crippen molar-refractivity contribution in [3.8, 4) is 0 Å². The third kappa shape index (κ3) is 6.23. The molecule has 0 amide bonds. The maximum atomic E-state index is 12.9. The van der Waals surface area contributed by atoms with Crippen molar-refractivity contribution in [1.29, 1.82) is 0 Å². The highest BCUT2D eigenvalue weighted by Gasteiger charge is 2.17. The Morgan fingerprint density at radius 3 is 2.63 bits per heavy atom. The summed E-state index contributed by atoms with van der Waals surface area (Å²) in [5, 5.41) is 5.74. The molecule has 38 heavy (non-hydrogen) atoms. The minimum atomic E-state index is 0. The minimum absolute atomic E-state index is 0. The van der Waals surface area contributed by atoms with Crippen LogP contribution in [0.4, 0.5) is 17.3 Å². The zero-order chi connectivity index (χ0) is 25.8. The van der Waals surface area contributed by atoms with Gasteiger partial charge in [0, 0.05) is 68.2 Å². The maximum Gasteiger partial charge on any atom is 0.164 e. The number of nitrogens with two attached hydrogens (primary N) is 1. The normalized spacial score (nSPS) is 13.8. The number of likely N-dealkylation sites (N-methyl/N-ethyl adjacent to an activating group) is 1. The lowest BCUT2D eigenvalue weighted by molar-refractivity contribution is 0.0982. The van der Waals surface area contributed by atoms with Crippen molar-refractivity contribution in [3.63, 3.8) is 0 Å². The van der Waals surface area contributed by atoms with Crippen molar-refractivity contribution >= 4 is 45.5 Å². The minimum Gasteiger partial charge on any atom is -0.383 e. The topological polar surface area (TPSA) is 87.4 Å². The van der Waals surface area contributed by atoms with E-state index in [0.29, 0.717) is 41.6 Å². The molecule has 5 rings (SSSR count). The number of hydrogen-bond acceptors (Lipinski definition) is 7. The maximum absolute atomic E-state index is 12.9. The number of para-hydroxylation sites is 1. The Bertz CT molecular complexity index is 1420. The number of nitrogen functional groups attached to an aromatic ring is 1. The zero-order valence-corrected chi connectivity index (χ0v) is 21.7. The number of anilines is 3. The van der Waals surface area contributed by atoms with E-state index in [0.717, 1.165) is 42.5 Å². The summed E-state index contributed by atoms with van der Waals surface area (Å²) in [6.07, 6.45) is 4.30. The van der Waals surface area contributed by atoms with Crippen molar-refractivity contribution in [1.82, 2.24) is 14.9 Å². The van der Waals surface area contributed by atoms with Crippen LogP contribution in [-0.4, -0.2) is 53.9 Å². The number of fused-ring (bicyclic) bond motifs is 1. The number of halogens is 1. The lowest BCUT2D eigenvalue weighted by atomic mass is 10.0. The molecule has 7 nitrogen and oxygen atoms in total. The molecule has 3 heterocycles. The van der Waals surface area contributed by atoms with Gasteiger partial charge in [-0.15, -0.1) is 0 Å². The summed E-state index contributed by atoms with van der Waals surface area (Å²) in [5.41, 5.74) is 9.95. The number of aryl methyl sites for hydroxylation is 1. The Morgan fingerprint density at radius 2 is 1.84 bits per heavy atom. The Hall–Kier alpha value is -3.68. The molecule has 198 valence electrons. The molecule has 0 radical (unpaired) electrons. The molecule has 0 spiro atoms. The van der Waals surface area contributed by atoms with E-state index >= 15 is 0 Å². The highest BCUT2D eigenvalue weighted by molar-refractivity contribution is 6.33. The fraction of sp³-hybridized carbons (Fsp3) is 0.300. The van der Waals surface area contributed by atoms with Crippen molar-refractivity contribution in [3.05, 3.63) is 88.7 Å². The molecule has 0 aliphatic carbocycles. The molecule has 4 aromatic rings. The van der Waals surface area contributed by atoms with E-state index in [2.05, 4.69) is 62.5 Å². The van der Waals surface area contributed by atoms with Gasteiger partial charge in [-0.2, -0.15) is 0 Å². The molecule has 0 saturated carbocycles. The molecule has 3 N–H and O–H groups in total. The molecule has 1 saturated heterocycles. The number of pyridine rings is 2. The van der Waals surface area contributed by atoms with Crippen LogP contribution in [0.5, 0.6) is 0 Å². The number of aromatic nitrogens is 2. The molecule has 0 bridgehead atoms. The second-order valence-corrected chi connectivity index (χ2v) is 9.91. The van der Waals surface area contributed by atoms with E-state index in [9.17, 15) is 4.79 Å². The quantitative estimate of drug-likeness (QED) is 0.283. The van der Waals surface area contributed by atoms with E-state index < -0.39 is 0 Å². The van der Waals surface area contributed by atoms with E-state index in [1.165, 1.54) is 11.3 Å². The van der Waals surface area contributed by atoms with Crippen LogP contribution in [-0.2, 0) is 13.0 Å². The highest BCUT2D eigenvalue weighted by atomic mass is 35.5. The van der Waals surface area contributed by atoms with Gasteiger partial charge >= 0.3 is 0 Å². The number of benzene rings is 2. The number of rotatable bonds is 8. The summed E-state index contributed by atoms with van der Waals surface area (Å²) in [5.74, 6) is 1.10. The predicted octanol–water partition coefficient (Wildman–Crippen LogP) is 5.68. The molecular weight excluding hydrogens is 496 g/mol. The number of piperazine rings is 1. The van der Waals surface area contributed by atoms with Crippen LogP contribution in [0.2, 0.25) is 5.02 Å². The molecular formula is C30H35ClN6O. The summed E-state index contributed by atoms with van der Waals surface area (Å²) >= 11 is 6.53. The van der Waals surface area contributed by atoms with Gasteiger partial charge in [0.15, 0.2) is 5.78 Å². The summed E-state index contributed by atoms with van der Waals surface area (Å²) < 4.78 is 0. The number of carbonyl (C=O) groups is 1. The molecule has 1 aliphatic heterocycles. The Labute approximate surface area is 229 Å². The Kier molecular flexibility index (Phi) is 8.81. The van der Waals surface area contributed by atoms with Gasteiger partial charge in [0.05, 0.1) is 5.02 Å². The van der Waals surface area contributed by atoms with Crippen LogP contribution in [0.1, 0.15) is 35.3 Å². The van der Waals surface area contributed by atoms with Crippen molar-refractivity contribution in [2.24, 2.45) is 0 Å². The first-order valence-corrected chi connectivity index (χ1v) is 12.9. The van der Waals surface area contributed by atoms with Gasteiger partial charge in [0.2, 0.25) is 0 Å². The Balaban J connectivity index is 0.00000336. The number of nitrogens with one attached hydrogen (secondary N) is 1. The van der Waals surface area contributed by atoms with Crippen LogP contribution in [0, 0.1) is 0 Å². The third-order valence-electron chi connectivity index (χ3n) is 6.95. The highest BCUT2D eigenvalue weighted by Crippen LogP contribution is 2.26. The van der Waals surface area contributed by atoms with E-state index in [1.807, 2.05) is 18.2 Å². The zero-order valence-electron chi connectivity index (χ0n) is 21.0. The van der Waals surface area contributed by atoms with Gasteiger partial charge in [-0.1, -0.05) is 55.4 Å². The average molecular weight is 531 g/mol. The first-order valence-electron chi connectivity index (χ1n) is 12.5. The van der Waals surface area contributed by atoms with Gasteiger partial charge in [-0.25, -0.2) is 9.97 Å². The summed E-state index contributed by atoms with van der Waals surface area (Å²) in [6.45, 7) is 4.72. The summed E-state index contributed by atoms with van der Waals surface area (Å²) in [4.78, 5) is 26.2. The van der Waals surface area contributed by atoms with E-state index in [1.54, 1.807) is 18.5 Å². The van der Waals surface area contributed by atoms with Crippen molar-refractivity contribution in [2.45, 2.75) is 26.8 Å². The molecule has 1 aliphatic rings. The van der Waals surface area contributed by atoms with Crippen LogP contribution in [0.25, 0.3) is 10.8 Å². The third-order valence-corrected chi connectivity index (χ3v) is 7.23. The molecule has 1 fully saturated rings. The molecule has 0 atom stereocenters. The lowest BCUT2D eigenvalue weighted by Gasteiger charge is -2.35. The van der Waals surface area contributed by atoms with Crippen LogP contribution in [0.15, 0.2) is 67.0 Å². The molecule has 0 unspecified atom stereocenters. The molecule has 2 aromatic carbocycles. The van der Waals surface area contributed by atoms with Gasteiger partial charge in [-0.3, -0.25) is 4.79 Å². The molecule has 8 heteroatoms.